The van der Waals surface area contributed by atoms with E-state index in [-0.39, 0.29) is 0 Å². The Morgan fingerprint density at radius 2 is 1.61 bits per heavy atom. The van der Waals surface area contributed by atoms with Crippen molar-refractivity contribution in [3.63, 3.8) is 0 Å². The van der Waals surface area contributed by atoms with Gasteiger partial charge in [-0.25, -0.2) is 4.58 Å². The van der Waals surface area contributed by atoms with E-state index in [0.717, 1.165) is 11.1 Å². The van der Waals surface area contributed by atoms with Crippen LogP contribution in [-0.2, 0) is 0 Å². The van der Waals surface area contributed by atoms with E-state index in [4.69, 9.17) is 0 Å². The summed E-state index contributed by atoms with van der Waals surface area (Å²) < 4.78 is 2.14. The largest absolute Gasteiger partial charge is 0.378 e. The predicted octanol–water partition coefficient (Wildman–Crippen LogP) is 4.55. The second kappa shape index (κ2) is 7.02. The van der Waals surface area contributed by atoms with E-state index in [1.807, 2.05) is 0 Å². The molecule has 0 saturated carbocycles. The minimum Gasteiger partial charge on any atom is -0.378 e. The number of hydrogen-bond acceptors (Lipinski definition) is 1. The summed E-state index contributed by atoms with van der Waals surface area (Å²) in [6.07, 6.45) is 6.65. The normalized spacial score (nSPS) is 14.2. The third-order valence-corrected chi connectivity index (χ3v) is 5.25. The summed E-state index contributed by atoms with van der Waals surface area (Å²) in [5.74, 6) is 6.83. The molecule has 0 saturated heterocycles. The Morgan fingerprint density at radius 3 is 2.29 bits per heavy atom. The highest BCUT2D eigenvalue weighted by molar-refractivity contribution is 6.18. The molecule has 0 spiro atoms. The van der Waals surface area contributed by atoms with Crippen LogP contribution in [0, 0.1) is 18.8 Å². The molecule has 2 aliphatic carbocycles. The first-order valence-electron chi connectivity index (χ1n) is 9.53. The van der Waals surface area contributed by atoms with E-state index in [2.05, 4.69) is 117 Å². The maximum absolute atomic E-state index is 3.47. The molecule has 0 bridgehead atoms. The standard InChI is InChI=1S/C26H25N2/c1-18-6-8-19(9-7-18)10-13-22-23-14-11-20(27(2)3)16-25(23)26-17-21(28(4)5)12-15-24(22)26/h6-9,11-12,14-17H,1-5H3/q+1. The molecule has 4 rings (SSSR count). The van der Waals surface area contributed by atoms with Crippen molar-refractivity contribution < 1.29 is 4.58 Å². The highest BCUT2D eigenvalue weighted by Crippen LogP contribution is 2.44. The van der Waals surface area contributed by atoms with Gasteiger partial charge in [0, 0.05) is 43.1 Å². The van der Waals surface area contributed by atoms with Gasteiger partial charge in [-0.05, 0) is 59.5 Å². The van der Waals surface area contributed by atoms with Crippen LogP contribution in [0.5, 0.6) is 0 Å². The molecule has 0 heterocycles. The molecular formula is C26H25N2+. The second-order valence-corrected chi connectivity index (χ2v) is 7.74. The predicted molar refractivity (Wildman–Crippen MR) is 120 cm³/mol. The number of anilines is 1. The monoisotopic (exact) mass is 365 g/mol. The Morgan fingerprint density at radius 1 is 0.857 bits per heavy atom. The molecule has 2 aromatic carbocycles. The summed E-state index contributed by atoms with van der Waals surface area (Å²) in [5.41, 5.74) is 10.8. The zero-order valence-electron chi connectivity index (χ0n) is 17.2. The molecule has 0 unspecified atom stereocenters. The molecular weight excluding hydrogens is 340 g/mol. The van der Waals surface area contributed by atoms with E-state index in [9.17, 15) is 0 Å². The number of hydrogen-bond donors (Lipinski definition) is 0. The lowest BCUT2D eigenvalue weighted by Gasteiger charge is -2.15. The van der Waals surface area contributed by atoms with Crippen LogP contribution in [0.2, 0.25) is 0 Å². The maximum atomic E-state index is 3.47. The van der Waals surface area contributed by atoms with E-state index >= 15 is 0 Å². The maximum Gasteiger partial charge on any atom is 0.200 e. The fourth-order valence-corrected chi connectivity index (χ4v) is 3.55. The zero-order valence-corrected chi connectivity index (χ0v) is 17.2. The molecule has 2 aliphatic rings. The fraction of sp³-hybridized carbons (Fsp3) is 0.192. The van der Waals surface area contributed by atoms with Gasteiger partial charge in [-0.1, -0.05) is 35.6 Å². The summed E-state index contributed by atoms with van der Waals surface area (Å²) in [4.78, 5) is 2.14. The van der Waals surface area contributed by atoms with Crippen molar-refractivity contribution in [1.82, 2.24) is 0 Å². The molecule has 0 N–H and O–H groups in total. The van der Waals surface area contributed by atoms with Gasteiger partial charge in [0.2, 0.25) is 0 Å². The molecule has 138 valence electrons. The molecule has 0 radical (unpaired) electrons. The van der Waals surface area contributed by atoms with Crippen LogP contribution in [0.1, 0.15) is 22.3 Å². The number of rotatable bonds is 1. The number of benzene rings is 2. The van der Waals surface area contributed by atoms with Crippen molar-refractivity contribution in [2.75, 3.05) is 33.1 Å². The Hall–Kier alpha value is -3.31. The smallest absolute Gasteiger partial charge is 0.200 e. The van der Waals surface area contributed by atoms with E-state index < -0.39 is 0 Å². The number of allylic oxidation sites excluding steroid dienone is 6. The first-order valence-corrected chi connectivity index (χ1v) is 9.53. The minimum absolute atomic E-state index is 1.04. The summed E-state index contributed by atoms with van der Waals surface area (Å²) in [6.45, 7) is 2.10. The fourth-order valence-electron chi connectivity index (χ4n) is 3.55. The first-order chi connectivity index (χ1) is 13.4. The number of aryl methyl sites for hydroxylation is 1. The van der Waals surface area contributed by atoms with Crippen molar-refractivity contribution >= 4 is 22.5 Å². The highest BCUT2D eigenvalue weighted by atomic mass is 15.1. The average Bonchev–Trinajstić information content (AvgIpc) is 3.00. The van der Waals surface area contributed by atoms with Crippen LogP contribution in [0.25, 0.3) is 11.1 Å². The topological polar surface area (TPSA) is 6.25 Å². The number of nitrogens with zero attached hydrogens (tertiary/aromatic N) is 2. The molecule has 0 amide bonds. The van der Waals surface area contributed by atoms with Gasteiger partial charge in [-0.2, -0.15) is 0 Å². The van der Waals surface area contributed by atoms with E-state index in [1.165, 1.54) is 39.2 Å². The lowest BCUT2D eigenvalue weighted by atomic mass is 9.96. The average molecular weight is 366 g/mol. The molecule has 0 fully saturated rings. The third kappa shape index (κ3) is 3.21. The van der Waals surface area contributed by atoms with Crippen LogP contribution in [0.3, 0.4) is 0 Å². The lowest BCUT2D eigenvalue weighted by molar-refractivity contribution is -0.462. The van der Waals surface area contributed by atoms with Gasteiger partial charge in [0.05, 0.1) is 0 Å². The Bertz CT molecular complexity index is 1140. The second-order valence-electron chi connectivity index (χ2n) is 7.74. The van der Waals surface area contributed by atoms with Gasteiger partial charge >= 0.3 is 0 Å². The van der Waals surface area contributed by atoms with Crippen LogP contribution in [0.15, 0.2) is 66.3 Å². The van der Waals surface area contributed by atoms with Crippen molar-refractivity contribution in [1.29, 1.82) is 0 Å². The van der Waals surface area contributed by atoms with Gasteiger partial charge in [0.1, 0.15) is 14.1 Å². The minimum atomic E-state index is 1.04. The first kappa shape index (κ1) is 18.1. The van der Waals surface area contributed by atoms with E-state index in [0.29, 0.717) is 0 Å². The van der Waals surface area contributed by atoms with Crippen molar-refractivity contribution in [3.8, 4) is 11.8 Å². The number of fused-ring (bicyclic) bond motifs is 3. The molecule has 0 aliphatic heterocycles. The van der Waals surface area contributed by atoms with Crippen LogP contribution in [0.4, 0.5) is 5.69 Å². The van der Waals surface area contributed by atoms with Gasteiger partial charge in [0.25, 0.3) is 0 Å². The van der Waals surface area contributed by atoms with Crippen molar-refractivity contribution in [2.45, 2.75) is 6.92 Å². The quantitative estimate of drug-likeness (QED) is 0.531. The lowest BCUT2D eigenvalue weighted by Crippen LogP contribution is -2.11. The Kier molecular flexibility index (Phi) is 4.53. The van der Waals surface area contributed by atoms with Gasteiger partial charge in [-0.15, -0.1) is 0 Å². The Balaban J connectivity index is 1.88. The molecule has 2 aromatic rings. The summed E-state index contributed by atoms with van der Waals surface area (Å²) in [6, 6.07) is 15.0. The molecule has 0 atom stereocenters. The molecule has 2 heteroatoms. The summed E-state index contributed by atoms with van der Waals surface area (Å²) in [7, 11) is 8.32. The van der Waals surface area contributed by atoms with Crippen molar-refractivity contribution in [3.05, 3.63) is 88.5 Å². The zero-order chi connectivity index (χ0) is 19.8. The molecule has 2 nitrogen and oxygen atoms in total. The van der Waals surface area contributed by atoms with Gasteiger partial charge in [-0.3, -0.25) is 0 Å². The van der Waals surface area contributed by atoms with E-state index in [1.54, 1.807) is 0 Å². The molecule has 0 aromatic heterocycles. The highest BCUT2D eigenvalue weighted by Gasteiger charge is 2.28. The molecule has 28 heavy (non-hydrogen) atoms. The third-order valence-electron chi connectivity index (χ3n) is 5.25. The van der Waals surface area contributed by atoms with Gasteiger partial charge < -0.3 is 4.90 Å². The van der Waals surface area contributed by atoms with Crippen LogP contribution in [-0.4, -0.2) is 38.5 Å². The van der Waals surface area contributed by atoms with Crippen molar-refractivity contribution in [2.24, 2.45) is 0 Å². The van der Waals surface area contributed by atoms with Crippen LogP contribution < -0.4 is 4.90 Å². The van der Waals surface area contributed by atoms with Gasteiger partial charge in [0.15, 0.2) is 5.71 Å². The summed E-state index contributed by atoms with van der Waals surface area (Å²) >= 11 is 0. The van der Waals surface area contributed by atoms with Crippen LogP contribution >= 0.6 is 0 Å². The SMILES string of the molecule is Cc1ccc(C#CC2=C3C=CC(=[N+](C)C)C=C3c3cc(N(C)C)ccc32)cc1. The Labute approximate surface area is 167 Å². The summed E-state index contributed by atoms with van der Waals surface area (Å²) in [5, 5.41) is 0.